The number of carbonyl (C=O) groups excluding carboxylic acids is 3. The number of fused-ring (bicyclic) bond motifs is 13. The number of ether oxygens (including phenoxy) is 4. The topological polar surface area (TPSA) is 219 Å². The number of phenolic OH excluding ortho intramolecular Hbond substituents is 2. The molecule has 5 bridgehead atoms. The molecule has 3 fully saturated rings. The second kappa shape index (κ2) is 22.6. The predicted molar refractivity (Wildman–Crippen MR) is 281 cm³/mol. The number of nitrogens with zero attached hydrogens (tertiary/aromatic N) is 6. The molecule has 7 heterocycles. The summed E-state index contributed by atoms with van der Waals surface area (Å²) in [5, 5.41) is 51.7. The number of ketones is 1. The molecule has 18 heteroatoms. The van der Waals surface area contributed by atoms with Gasteiger partial charge in [-0.2, -0.15) is 0 Å². The smallest absolute Gasteiger partial charge is 0.410 e. The van der Waals surface area contributed by atoms with E-state index in [1.165, 1.54) is 39.6 Å². The van der Waals surface area contributed by atoms with Crippen molar-refractivity contribution in [3.8, 4) is 17.2 Å². The van der Waals surface area contributed by atoms with Crippen molar-refractivity contribution in [3.63, 3.8) is 0 Å². The van der Waals surface area contributed by atoms with Crippen LogP contribution in [0.3, 0.4) is 0 Å². The minimum atomic E-state index is -1.97. The first kappa shape index (κ1) is 55.1. The summed E-state index contributed by atoms with van der Waals surface area (Å²) in [5.41, 5.74) is -0.106. The average molecular weight is 1030 g/mol. The van der Waals surface area contributed by atoms with Crippen LogP contribution in [-0.4, -0.2) is 173 Å². The number of aliphatic hydroxyl groups excluding tert-OH is 2. The van der Waals surface area contributed by atoms with E-state index in [4.69, 9.17) is 23.9 Å². The van der Waals surface area contributed by atoms with Gasteiger partial charge in [0.05, 0.1) is 41.2 Å². The molecule has 0 radical (unpaired) electrons. The minimum Gasteiger partial charge on any atom is -0.507 e. The number of aromatic hydroxyl groups is 2. The Morgan fingerprint density at radius 3 is 2.15 bits per heavy atom. The Balaban J connectivity index is 1.15. The fourth-order valence-corrected chi connectivity index (χ4v) is 11.9. The third-order valence-electron chi connectivity index (χ3n) is 16.7. The minimum absolute atomic E-state index is 0.0583. The molecule has 7 aliphatic rings. The second-order valence-electron chi connectivity index (χ2n) is 22.5. The fourth-order valence-electron chi connectivity index (χ4n) is 11.9. The lowest BCUT2D eigenvalue weighted by atomic mass is 9.78. The number of carbonyl (C=O) groups is 3. The number of aliphatic hydroxyl groups is 2. The van der Waals surface area contributed by atoms with Crippen LogP contribution in [0.5, 0.6) is 17.2 Å². The van der Waals surface area contributed by atoms with Gasteiger partial charge in [-0.1, -0.05) is 66.2 Å². The number of hydrogen-bond donors (Lipinski definition) is 5. The first-order valence-electron chi connectivity index (χ1n) is 27.0. The highest BCUT2D eigenvalue weighted by atomic mass is 16.7. The van der Waals surface area contributed by atoms with Crippen LogP contribution in [-0.2, 0) is 19.0 Å². The van der Waals surface area contributed by atoms with Gasteiger partial charge < -0.3 is 59.4 Å². The molecule has 0 unspecified atom stereocenters. The van der Waals surface area contributed by atoms with Gasteiger partial charge in [0, 0.05) is 126 Å². The van der Waals surface area contributed by atoms with Crippen molar-refractivity contribution in [3.05, 3.63) is 58.0 Å². The zero-order valence-corrected chi connectivity index (χ0v) is 45.2. The van der Waals surface area contributed by atoms with Gasteiger partial charge in [0.1, 0.15) is 34.0 Å². The summed E-state index contributed by atoms with van der Waals surface area (Å²) in [6, 6.07) is 0. The molecule has 7 aliphatic heterocycles. The Bertz CT molecular complexity index is 2650. The summed E-state index contributed by atoms with van der Waals surface area (Å²) in [6.07, 6.45) is 8.33. The number of benzene rings is 2. The normalized spacial score (nSPS) is 32.1. The van der Waals surface area contributed by atoms with Gasteiger partial charge in [0.25, 0.3) is 11.7 Å². The average Bonchev–Trinajstić information content (AvgIpc) is 3.89. The summed E-state index contributed by atoms with van der Waals surface area (Å²) in [5.74, 6) is -6.13. The van der Waals surface area contributed by atoms with Crippen molar-refractivity contribution in [1.82, 2.24) is 19.6 Å². The molecule has 9 rings (SSSR count). The van der Waals surface area contributed by atoms with E-state index >= 15 is 0 Å². The Kier molecular flexibility index (Phi) is 16.9. The quantitative estimate of drug-likeness (QED) is 0.219. The van der Waals surface area contributed by atoms with Gasteiger partial charge in [-0.3, -0.25) is 19.5 Å². The monoisotopic (exact) mass is 1030 g/mol. The highest BCUT2D eigenvalue weighted by Crippen LogP contribution is 2.51. The standard InChI is InChI=1S/C56H81N7O11/c1-32(2)31-62-22-18-56(19-23-62)58-43-40-41-48(66)38(8)51-42(40)52(68)55(9,74-51)72-30-17-39(71-10)35(5)50(73-54(70)63-28-26-61(27-29-63)25-24-60-20-12-11-13-21-60)37(7)47(65)36(6)46(64)33(3)15-14-16-34(4)53(69)57-45(49(41)67)44(43)59-56/h14-17,30,32-33,35-37,39,46-47,50,58,64-67H,11-13,18-29,31H2,1-10H3/b15-14+,30-17+,34-16-,57-45?/t33-,35+,36+,37+,39-,46-,47+,50+,55-/m0/s1. The Hall–Kier alpha value is -5.11. The summed E-state index contributed by atoms with van der Waals surface area (Å²) in [6.45, 7) is 25.1. The number of nitrogens with one attached hydrogen (secondary N) is 1. The van der Waals surface area contributed by atoms with Crippen molar-refractivity contribution >= 4 is 34.2 Å². The zero-order chi connectivity index (χ0) is 53.4. The zero-order valence-electron chi connectivity index (χ0n) is 45.2. The van der Waals surface area contributed by atoms with Crippen molar-refractivity contribution in [2.24, 2.45) is 39.6 Å². The molecule has 406 valence electrons. The van der Waals surface area contributed by atoms with E-state index in [1.807, 2.05) is 13.8 Å². The van der Waals surface area contributed by atoms with Gasteiger partial charge in [-0.15, -0.1) is 0 Å². The maximum atomic E-state index is 15.0. The molecule has 2 amide bonds. The van der Waals surface area contributed by atoms with E-state index in [9.17, 15) is 34.8 Å². The first-order chi connectivity index (χ1) is 35.2. The molecule has 3 saturated heterocycles. The highest BCUT2D eigenvalue weighted by Gasteiger charge is 2.51. The molecule has 18 nitrogen and oxygen atoms in total. The third kappa shape index (κ3) is 11.1. The summed E-state index contributed by atoms with van der Waals surface area (Å²) >= 11 is 0. The number of rotatable bonds is 7. The van der Waals surface area contributed by atoms with Crippen LogP contribution in [0.2, 0.25) is 0 Å². The summed E-state index contributed by atoms with van der Waals surface area (Å²) in [4.78, 5) is 61.8. The summed E-state index contributed by atoms with van der Waals surface area (Å²) < 4.78 is 25.1. The van der Waals surface area contributed by atoms with Gasteiger partial charge in [-0.25, -0.2) is 9.79 Å². The fraction of sp³-hybridized carbons (Fsp3) is 0.661. The van der Waals surface area contributed by atoms with Crippen molar-refractivity contribution in [2.75, 3.05) is 84.4 Å². The maximum Gasteiger partial charge on any atom is 0.410 e. The second-order valence-corrected chi connectivity index (χ2v) is 22.5. The number of phenols is 2. The first-order valence-corrected chi connectivity index (χ1v) is 27.0. The van der Waals surface area contributed by atoms with E-state index in [0.29, 0.717) is 50.6 Å². The van der Waals surface area contributed by atoms with Crippen molar-refractivity contribution in [1.29, 1.82) is 0 Å². The van der Waals surface area contributed by atoms with Crippen molar-refractivity contribution < 1.29 is 53.8 Å². The predicted octanol–water partition coefficient (Wildman–Crippen LogP) is 5.43. The van der Waals surface area contributed by atoms with Crippen LogP contribution >= 0.6 is 0 Å². The number of amides is 2. The van der Waals surface area contributed by atoms with E-state index in [2.05, 4.69) is 38.9 Å². The summed E-state index contributed by atoms with van der Waals surface area (Å²) in [7, 11) is 1.51. The number of Topliss-reactive ketones (excluding diaryl/α,β-unsaturated/α-hetero) is 1. The van der Waals surface area contributed by atoms with Gasteiger partial charge in [-0.05, 0) is 51.8 Å². The molecule has 2 aromatic rings. The Labute approximate surface area is 435 Å². The number of hydrogen-bond acceptors (Lipinski definition) is 16. The van der Waals surface area contributed by atoms with E-state index in [-0.39, 0.29) is 49.7 Å². The van der Waals surface area contributed by atoms with Gasteiger partial charge in [0.15, 0.2) is 5.75 Å². The van der Waals surface area contributed by atoms with Crippen LogP contribution < -0.4 is 20.8 Å². The molecule has 0 aliphatic carbocycles. The van der Waals surface area contributed by atoms with E-state index in [0.717, 1.165) is 45.8 Å². The van der Waals surface area contributed by atoms with Gasteiger partial charge >= 0.3 is 11.9 Å². The number of piperazine rings is 1. The molecule has 2 aromatic carbocycles. The number of piperidine rings is 2. The van der Waals surface area contributed by atoms with Crippen LogP contribution in [0.25, 0.3) is 10.8 Å². The SMILES string of the molecule is CO[C@H]1/C=C/O[C@@]2(C)Oc3c(C)c(O)c4c(O)c(c5c(c4c3C2=O)NC2(CCN(CC(C)C)CC2)N=5)=NC(=O)/C(C)=C\C=C\[C@H](C)[C@H](O)[C@@H](C)[C@@H](O)[C@@H](C)[C@H](OC(=O)N2CCN(CCN3CCCCC3)CC2)[C@@H]1C. The third-order valence-corrected chi connectivity index (χ3v) is 16.7. The van der Waals surface area contributed by atoms with Crippen LogP contribution in [0, 0.1) is 36.5 Å². The van der Waals surface area contributed by atoms with Crippen LogP contribution in [0.4, 0.5) is 10.5 Å². The largest absolute Gasteiger partial charge is 0.507 e. The number of allylic oxidation sites excluding steroid dienone is 2. The molecular weight excluding hydrogens is 947 g/mol. The molecule has 0 saturated carbocycles. The highest BCUT2D eigenvalue weighted by molar-refractivity contribution is 6.21. The van der Waals surface area contributed by atoms with Crippen LogP contribution in [0.15, 0.2) is 46.1 Å². The van der Waals surface area contributed by atoms with Crippen LogP contribution in [0.1, 0.15) is 103 Å². The van der Waals surface area contributed by atoms with Gasteiger partial charge in [0.2, 0.25) is 0 Å². The van der Waals surface area contributed by atoms with E-state index in [1.54, 1.807) is 56.9 Å². The lowest BCUT2D eigenvalue weighted by Crippen LogP contribution is -2.53. The molecule has 5 N–H and O–H groups in total. The molecule has 0 aromatic heterocycles. The molecule has 1 spiro atoms. The number of likely N-dealkylation sites (tertiary alicyclic amines) is 2. The lowest BCUT2D eigenvalue weighted by molar-refractivity contribution is -0.114. The molecule has 74 heavy (non-hydrogen) atoms. The molecular formula is C56H81N7O11. The number of methoxy groups -OCH3 is 1. The molecule has 9 atom stereocenters. The maximum absolute atomic E-state index is 15.0. The van der Waals surface area contributed by atoms with Crippen molar-refractivity contribution in [2.45, 2.75) is 130 Å². The Morgan fingerprint density at radius 2 is 1.50 bits per heavy atom. The Morgan fingerprint density at radius 1 is 0.838 bits per heavy atom. The number of anilines is 1. The van der Waals surface area contributed by atoms with E-state index < -0.39 is 83.1 Å². The lowest BCUT2D eigenvalue weighted by Gasteiger charge is -2.40.